The Bertz CT molecular complexity index is 460. The molecule has 1 aliphatic carbocycles. The van der Waals surface area contributed by atoms with Crippen molar-refractivity contribution in [1.29, 1.82) is 0 Å². The van der Waals surface area contributed by atoms with Gasteiger partial charge in [-0.1, -0.05) is 0 Å². The van der Waals surface area contributed by atoms with Crippen LogP contribution in [-0.2, 0) is 16.1 Å². The summed E-state index contributed by atoms with van der Waals surface area (Å²) in [7, 11) is 0. The largest absolute Gasteiger partial charge is 0.467 e. The second-order valence-electron chi connectivity index (χ2n) is 6.01. The fourth-order valence-corrected chi connectivity index (χ4v) is 2.75. The summed E-state index contributed by atoms with van der Waals surface area (Å²) in [6.45, 7) is 4.36. The van der Waals surface area contributed by atoms with Crippen molar-refractivity contribution >= 4 is 11.8 Å². The van der Waals surface area contributed by atoms with Crippen molar-refractivity contribution in [2.24, 2.45) is 11.8 Å². The summed E-state index contributed by atoms with van der Waals surface area (Å²) >= 11 is 0. The first-order valence-corrected chi connectivity index (χ1v) is 7.66. The number of hydrogen-bond donors (Lipinski definition) is 2. The molecule has 0 aliphatic heterocycles. The molecule has 0 atom stereocenters. The molecule has 5 nitrogen and oxygen atoms in total. The predicted molar refractivity (Wildman–Crippen MR) is 79.3 cm³/mol. The molecule has 21 heavy (non-hydrogen) atoms. The third-order valence-corrected chi connectivity index (χ3v) is 3.92. The zero-order valence-corrected chi connectivity index (χ0v) is 12.7. The van der Waals surface area contributed by atoms with E-state index in [0.29, 0.717) is 6.54 Å². The SMILES string of the molecule is CC(C)NC(=O)C1CCC(C(=O)NCc2ccco2)CC1. The van der Waals surface area contributed by atoms with Crippen LogP contribution in [0.5, 0.6) is 0 Å². The zero-order valence-electron chi connectivity index (χ0n) is 12.7. The Balaban J connectivity index is 1.73. The molecule has 2 amide bonds. The highest BCUT2D eigenvalue weighted by atomic mass is 16.3. The van der Waals surface area contributed by atoms with Gasteiger partial charge in [0, 0.05) is 17.9 Å². The van der Waals surface area contributed by atoms with E-state index >= 15 is 0 Å². The van der Waals surface area contributed by atoms with E-state index in [-0.39, 0.29) is 29.7 Å². The van der Waals surface area contributed by atoms with Crippen molar-refractivity contribution in [3.8, 4) is 0 Å². The van der Waals surface area contributed by atoms with E-state index in [2.05, 4.69) is 10.6 Å². The highest BCUT2D eigenvalue weighted by molar-refractivity contribution is 5.81. The van der Waals surface area contributed by atoms with E-state index in [1.165, 1.54) is 0 Å². The Morgan fingerprint density at radius 2 is 1.81 bits per heavy atom. The highest BCUT2D eigenvalue weighted by Gasteiger charge is 2.29. The lowest BCUT2D eigenvalue weighted by Gasteiger charge is -2.27. The van der Waals surface area contributed by atoms with Gasteiger partial charge in [-0.3, -0.25) is 9.59 Å². The predicted octanol–water partition coefficient (Wildman–Crippen LogP) is 2.23. The quantitative estimate of drug-likeness (QED) is 0.874. The van der Waals surface area contributed by atoms with Gasteiger partial charge in [0.05, 0.1) is 12.8 Å². The van der Waals surface area contributed by atoms with Crippen LogP contribution in [0.2, 0.25) is 0 Å². The van der Waals surface area contributed by atoms with Gasteiger partial charge in [0.2, 0.25) is 11.8 Å². The molecule has 5 heteroatoms. The van der Waals surface area contributed by atoms with Gasteiger partial charge in [0.25, 0.3) is 0 Å². The molecule has 1 aromatic heterocycles. The highest BCUT2D eigenvalue weighted by Crippen LogP contribution is 2.29. The van der Waals surface area contributed by atoms with Crippen LogP contribution in [-0.4, -0.2) is 17.9 Å². The minimum Gasteiger partial charge on any atom is -0.467 e. The van der Waals surface area contributed by atoms with Crippen LogP contribution in [0.25, 0.3) is 0 Å². The second-order valence-corrected chi connectivity index (χ2v) is 6.01. The van der Waals surface area contributed by atoms with Crippen molar-refractivity contribution in [2.75, 3.05) is 0 Å². The normalized spacial score (nSPS) is 22.0. The van der Waals surface area contributed by atoms with Crippen molar-refractivity contribution in [3.63, 3.8) is 0 Å². The molecule has 1 fully saturated rings. The lowest BCUT2D eigenvalue weighted by molar-refractivity contribution is -0.130. The molecule has 1 aromatic rings. The molecule has 1 heterocycles. The molecule has 1 aliphatic rings. The van der Waals surface area contributed by atoms with Gasteiger partial charge >= 0.3 is 0 Å². The van der Waals surface area contributed by atoms with E-state index < -0.39 is 0 Å². The molecular weight excluding hydrogens is 268 g/mol. The van der Waals surface area contributed by atoms with Gasteiger partial charge in [-0.2, -0.15) is 0 Å². The topological polar surface area (TPSA) is 71.3 Å². The van der Waals surface area contributed by atoms with Crippen LogP contribution in [0.3, 0.4) is 0 Å². The molecule has 0 spiro atoms. The standard InChI is InChI=1S/C16H24N2O3/c1-11(2)18-16(20)13-7-5-12(6-8-13)15(19)17-10-14-4-3-9-21-14/h3-4,9,11-13H,5-8,10H2,1-2H3,(H,17,19)(H,18,20). The first-order valence-electron chi connectivity index (χ1n) is 7.66. The molecule has 0 saturated heterocycles. The van der Waals surface area contributed by atoms with Crippen molar-refractivity contribution in [1.82, 2.24) is 10.6 Å². The van der Waals surface area contributed by atoms with Gasteiger partial charge in [0.15, 0.2) is 0 Å². The second kappa shape index (κ2) is 7.29. The van der Waals surface area contributed by atoms with Crippen molar-refractivity contribution in [3.05, 3.63) is 24.2 Å². The molecule has 0 unspecified atom stereocenters. The van der Waals surface area contributed by atoms with Crippen LogP contribution < -0.4 is 10.6 Å². The summed E-state index contributed by atoms with van der Waals surface area (Å²) in [5.41, 5.74) is 0. The molecule has 116 valence electrons. The first-order chi connectivity index (χ1) is 10.1. The maximum absolute atomic E-state index is 12.1. The van der Waals surface area contributed by atoms with Crippen LogP contribution >= 0.6 is 0 Å². The van der Waals surface area contributed by atoms with Gasteiger partial charge < -0.3 is 15.1 Å². The molecule has 0 aromatic carbocycles. The van der Waals surface area contributed by atoms with E-state index in [9.17, 15) is 9.59 Å². The number of amides is 2. The molecule has 0 radical (unpaired) electrons. The molecule has 0 bridgehead atoms. The number of nitrogens with one attached hydrogen (secondary N) is 2. The third kappa shape index (κ3) is 4.62. The molecule has 2 rings (SSSR count). The molecule has 1 saturated carbocycles. The first kappa shape index (κ1) is 15.6. The summed E-state index contributed by atoms with van der Waals surface area (Å²) in [5.74, 6) is 1.02. The monoisotopic (exact) mass is 292 g/mol. The summed E-state index contributed by atoms with van der Waals surface area (Å²) in [6.07, 6.45) is 4.73. The van der Waals surface area contributed by atoms with Crippen LogP contribution in [0.15, 0.2) is 22.8 Å². The van der Waals surface area contributed by atoms with Crippen molar-refractivity contribution in [2.45, 2.75) is 52.1 Å². The summed E-state index contributed by atoms with van der Waals surface area (Å²) in [6, 6.07) is 3.82. The fourth-order valence-electron chi connectivity index (χ4n) is 2.75. The Morgan fingerprint density at radius 1 is 1.19 bits per heavy atom. The fraction of sp³-hybridized carbons (Fsp3) is 0.625. The Hall–Kier alpha value is -1.78. The van der Waals surface area contributed by atoms with Gasteiger partial charge in [-0.05, 0) is 51.7 Å². The maximum Gasteiger partial charge on any atom is 0.223 e. The smallest absolute Gasteiger partial charge is 0.223 e. The summed E-state index contributed by atoms with van der Waals surface area (Å²) in [5, 5.41) is 5.85. The maximum atomic E-state index is 12.1. The minimum absolute atomic E-state index is 0.0167. The third-order valence-electron chi connectivity index (χ3n) is 3.92. The number of carbonyl (C=O) groups is 2. The molecular formula is C16H24N2O3. The average molecular weight is 292 g/mol. The Morgan fingerprint density at radius 3 is 2.33 bits per heavy atom. The number of furan rings is 1. The summed E-state index contributed by atoms with van der Waals surface area (Å²) in [4.78, 5) is 24.0. The minimum atomic E-state index is 0.0167. The van der Waals surface area contributed by atoms with E-state index in [1.54, 1.807) is 12.3 Å². The van der Waals surface area contributed by atoms with E-state index in [4.69, 9.17) is 4.42 Å². The number of rotatable bonds is 5. The van der Waals surface area contributed by atoms with Gasteiger partial charge in [-0.25, -0.2) is 0 Å². The Kier molecular flexibility index (Phi) is 5.42. The lowest BCUT2D eigenvalue weighted by atomic mass is 9.81. The van der Waals surface area contributed by atoms with Crippen molar-refractivity contribution < 1.29 is 14.0 Å². The van der Waals surface area contributed by atoms with E-state index in [1.807, 2.05) is 19.9 Å². The summed E-state index contributed by atoms with van der Waals surface area (Å²) < 4.78 is 5.19. The van der Waals surface area contributed by atoms with Crippen LogP contribution in [0.1, 0.15) is 45.3 Å². The van der Waals surface area contributed by atoms with E-state index in [0.717, 1.165) is 31.4 Å². The number of hydrogen-bond acceptors (Lipinski definition) is 3. The van der Waals surface area contributed by atoms with Gasteiger partial charge in [0.1, 0.15) is 5.76 Å². The average Bonchev–Trinajstić information content (AvgIpc) is 2.97. The van der Waals surface area contributed by atoms with Gasteiger partial charge in [-0.15, -0.1) is 0 Å². The van der Waals surface area contributed by atoms with Crippen LogP contribution in [0.4, 0.5) is 0 Å². The van der Waals surface area contributed by atoms with Crippen LogP contribution in [0, 0.1) is 11.8 Å². The Labute approximate surface area is 125 Å². The number of carbonyl (C=O) groups excluding carboxylic acids is 2. The zero-order chi connectivity index (χ0) is 15.2. The lowest BCUT2D eigenvalue weighted by Crippen LogP contribution is -2.39. The molecule has 2 N–H and O–H groups in total.